The highest BCUT2D eigenvalue weighted by Crippen LogP contribution is 2.35. The molecule has 0 atom stereocenters. The lowest BCUT2D eigenvalue weighted by molar-refractivity contribution is -0.123. The fraction of sp³-hybridized carbons (Fsp3) is 0.0870. The van der Waals surface area contributed by atoms with Gasteiger partial charge in [-0.25, -0.2) is 0 Å². The van der Waals surface area contributed by atoms with Gasteiger partial charge in [-0.1, -0.05) is 48.0 Å². The molecule has 8 heteroatoms. The van der Waals surface area contributed by atoms with E-state index in [4.69, 9.17) is 22.1 Å². The first-order valence-corrected chi connectivity index (χ1v) is 10.5. The van der Waals surface area contributed by atoms with Gasteiger partial charge in [0.25, 0.3) is 17.1 Å². The smallest absolute Gasteiger partial charge is 0.293 e. The summed E-state index contributed by atoms with van der Waals surface area (Å²) in [6, 6.07) is 18.5. The summed E-state index contributed by atoms with van der Waals surface area (Å²) < 4.78 is 5.39. The number of carbonyl (C=O) groups excluding carboxylic acids is 3. The van der Waals surface area contributed by atoms with E-state index in [0.29, 0.717) is 16.3 Å². The minimum Gasteiger partial charge on any atom is -0.483 e. The molecule has 3 amide bonds. The second-order valence-electron chi connectivity index (χ2n) is 6.89. The summed E-state index contributed by atoms with van der Waals surface area (Å²) in [6.07, 6.45) is 1.54. The highest BCUT2D eigenvalue weighted by Gasteiger charge is 2.35. The van der Waals surface area contributed by atoms with E-state index in [1.54, 1.807) is 18.2 Å². The van der Waals surface area contributed by atoms with E-state index >= 15 is 0 Å². The maximum absolute atomic E-state index is 12.9. The Morgan fingerprint density at radius 2 is 1.84 bits per heavy atom. The number of hydrogen-bond donors (Lipinski definition) is 1. The molecule has 1 fully saturated rings. The number of nitrogens with two attached hydrogens (primary N) is 1. The van der Waals surface area contributed by atoms with Crippen LogP contribution in [0.15, 0.2) is 65.6 Å². The van der Waals surface area contributed by atoms with Crippen LogP contribution in [0, 0.1) is 0 Å². The van der Waals surface area contributed by atoms with Crippen molar-refractivity contribution in [2.24, 2.45) is 5.73 Å². The molecule has 0 unspecified atom stereocenters. The van der Waals surface area contributed by atoms with E-state index in [1.165, 1.54) is 11.0 Å². The Hall–Kier alpha value is -3.29. The molecular weight excluding hydrogens is 436 g/mol. The fourth-order valence-electron chi connectivity index (χ4n) is 3.21. The predicted octanol–water partition coefficient (Wildman–Crippen LogP) is 4.59. The van der Waals surface area contributed by atoms with Crippen LogP contribution in [0.4, 0.5) is 4.79 Å². The molecule has 6 nitrogen and oxygen atoms in total. The van der Waals surface area contributed by atoms with Crippen molar-refractivity contribution in [1.82, 2.24) is 4.90 Å². The second kappa shape index (κ2) is 8.83. The van der Waals surface area contributed by atoms with Crippen LogP contribution in [0.2, 0.25) is 5.02 Å². The van der Waals surface area contributed by atoms with Crippen LogP contribution in [0.1, 0.15) is 11.1 Å². The van der Waals surface area contributed by atoms with Crippen LogP contribution in [0.3, 0.4) is 0 Å². The van der Waals surface area contributed by atoms with E-state index in [1.807, 2.05) is 42.5 Å². The average molecular weight is 453 g/mol. The number of ether oxygens (including phenoxy) is 1. The molecule has 156 valence electrons. The van der Waals surface area contributed by atoms with Crippen LogP contribution in [0.25, 0.3) is 16.8 Å². The molecule has 1 aliphatic heterocycles. The summed E-state index contributed by atoms with van der Waals surface area (Å²) >= 11 is 6.91. The Balaban J connectivity index is 1.58. The van der Waals surface area contributed by atoms with Crippen LogP contribution >= 0.6 is 23.4 Å². The van der Waals surface area contributed by atoms with Gasteiger partial charge in [0.05, 0.1) is 11.4 Å². The highest BCUT2D eigenvalue weighted by molar-refractivity contribution is 8.18. The first kappa shape index (κ1) is 21.0. The Kier molecular flexibility index (Phi) is 5.97. The number of primary amides is 1. The lowest BCUT2D eigenvalue weighted by Gasteiger charge is -2.13. The topological polar surface area (TPSA) is 89.7 Å². The van der Waals surface area contributed by atoms with Gasteiger partial charge in [0.2, 0.25) is 0 Å². The van der Waals surface area contributed by atoms with Crippen LogP contribution in [-0.4, -0.2) is 28.6 Å². The summed E-state index contributed by atoms with van der Waals surface area (Å²) in [5, 5.41) is 2.20. The number of imide groups is 1. The minimum atomic E-state index is -0.628. The molecule has 4 rings (SSSR count). The Labute approximate surface area is 187 Å². The van der Waals surface area contributed by atoms with E-state index in [0.717, 1.165) is 28.1 Å². The third-order valence-electron chi connectivity index (χ3n) is 4.66. The number of carbonyl (C=O) groups is 3. The molecule has 2 N–H and O–H groups in total. The van der Waals surface area contributed by atoms with Gasteiger partial charge in [-0.05, 0) is 58.4 Å². The zero-order chi connectivity index (χ0) is 22.0. The van der Waals surface area contributed by atoms with Gasteiger partial charge in [0.15, 0.2) is 6.61 Å². The zero-order valence-corrected chi connectivity index (χ0v) is 17.8. The van der Waals surface area contributed by atoms with Crippen molar-refractivity contribution in [2.45, 2.75) is 6.54 Å². The first-order valence-electron chi connectivity index (χ1n) is 9.34. The second-order valence-corrected chi connectivity index (χ2v) is 8.32. The number of amides is 3. The van der Waals surface area contributed by atoms with Gasteiger partial charge >= 0.3 is 0 Å². The molecule has 31 heavy (non-hydrogen) atoms. The number of thioether (sulfide) groups is 1. The summed E-state index contributed by atoms with van der Waals surface area (Å²) in [5.41, 5.74) is 6.47. The maximum atomic E-state index is 12.9. The molecule has 1 heterocycles. The molecule has 0 bridgehead atoms. The molecule has 0 aromatic heterocycles. The molecule has 0 spiro atoms. The lowest BCUT2D eigenvalue weighted by atomic mass is 10.1. The highest BCUT2D eigenvalue weighted by atomic mass is 35.5. The predicted molar refractivity (Wildman–Crippen MR) is 122 cm³/mol. The number of hydrogen-bond acceptors (Lipinski definition) is 5. The number of halogens is 1. The van der Waals surface area contributed by atoms with E-state index < -0.39 is 11.8 Å². The molecule has 0 saturated carbocycles. The normalized spacial score (nSPS) is 15.1. The van der Waals surface area contributed by atoms with Crippen molar-refractivity contribution in [3.05, 3.63) is 81.7 Å². The molecule has 3 aromatic rings. The van der Waals surface area contributed by atoms with Crippen molar-refractivity contribution in [3.63, 3.8) is 0 Å². The van der Waals surface area contributed by atoms with Gasteiger partial charge < -0.3 is 10.5 Å². The number of rotatable bonds is 6. The fourth-order valence-corrected chi connectivity index (χ4v) is 4.22. The van der Waals surface area contributed by atoms with Gasteiger partial charge in [-0.3, -0.25) is 19.3 Å². The summed E-state index contributed by atoms with van der Waals surface area (Å²) in [4.78, 5) is 37.9. The standard InChI is InChI=1S/C23H17ClN2O4S/c24-18-7-8-19(30-13-21(25)27)17(10-18)11-20-22(28)26(23(29)31-20)12-14-5-6-15-3-1-2-4-16(15)9-14/h1-11H,12-13H2,(H2,25,27)/b20-11-. The Morgan fingerprint density at radius 3 is 2.61 bits per heavy atom. The summed E-state index contributed by atoms with van der Waals surface area (Å²) in [6.45, 7) is -0.140. The number of benzene rings is 3. The first-order chi connectivity index (χ1) is 14.9. The van der Waals surface area contributed by atoms with E-state index in [9.17, 15) is 14.4 Å². The largest absolute Gasteiger partial charge is 0.483 e. The minimum absolute atomic E-state index is 0.174. The molecule has 3 aromatic carbocycles. The molecule has 1 saturated heterocycles. The van der Waals surface area contributed by atoms with Crippen molar-refractivity contribution >= 4 is 57.3 Å². The van der Waals surface area contributed by atoms with Gasteiger partial charge in [-0.15, -0.1) is 0 Å². The quantitative estimate of drug-likeness (QED) is 0.552. The monoisotopic (exact) mass is 452 g/mol. The summed E-state index contributed by atoms with van der Waals surface area (Å²) in [7, 11) is 0. The van der Waals surface area contributed by atoms with Gasteiger partial charge in [0.1, 0.15) is 5.75 Å². The molecular formula is C23H17ClN2O4S. The van der Waals surface area contributed by atoms with E-state index in [-0.39, 0.29) is 23.3 Å². The van der Waals surface area contributed by atoms with Gasteiger partial charge in [0, 0.05) is 10.6 Å². The van der Waals surface area contributed by atoms with Crippen LogP contribution in [0.5, 0.6) is 5.75 Å². The van der Waals surface area contributed by atoms with Crippen molar-refractivity contribution in [2.75, 3.05) is 6.61 Å². The third kappa shape index (κ3) is 4.73. The van der Waals surface area contributed by atoms with Crippen molar-refractivity contribution in [1.29, 1.82) is 0 Å². The number of nitrogens with zero attached hydrogens (tertiary/aromatic N) is 1. The molecule has 1 aliphatic rings. The molecule has 0 aliphatic carbocycles. The maximum Gasteiger partial charge on any atom is 0.293 e. The van der Waals surface area contributed by atoms with Crippen LogP contribution < -0.4 is 10.5 Å². The lowest BCUT2D eigenvalue weighted by Crippen LogP contribution is -2.27. The summed E-state index contributed by atoms with van der Waals surface area (Å²) in [5.74, 6) is -0.690. The van der Waals surface area contributed by atoms with Crippen molar-refractivity contribution < 1.29 is 19.1 Å². The zero-order valence-electron chi connectivity index (χ0n) is 16.2. The third-order valence-corrected chi connectivity index (χ3v) is 5.80. The molecule has 0 radical (unpaired) electrons. The number of fused-ring (bicyclic) bond motifs is 1. The van der Waals surface area contributed by atoms with E-state index in [2.05, 4.69) is 0 Å². The Morgan fingerprint density at radius 1 is 1.06 bits per heavy atom. The Bertz CT molecular complexity index is 1240. The van der Waals surface area contributed by atoms with Crippen molar-refractivity contribution in [3.8, 4) is 5.75 Å². The van der Waals surface area contributed by atoms with Gasteiger partial charge in [-0.2, -0.15) is 0 Å². The van der Waals surface area contributed by atoms with Crippen LogP contribution in [-0.2, 0) is 16.1 Å². The SMILES string of the molecule is NC(=O)COc1ccc(Cl)cc1/C=C1\SC(=O)N(Cc2ccc3ccccc3c2)C1=O. The average Bonchev–Trinajstić information content (AvgIpc) is 3.00.